The van der Waals surface area contributed by atoms with Crippen molar-refractivity contribution >= 4 is 43.0 Å². The molecule has 0 aliphatic heterocycles. The van der Waals surface area contributed by atoms with E-state index in [1.807, 2.05) is 11.3 Å². The number of benzene rings is 1. The van der Waals surface area contributed by atoms with Gasteiger partial charge in [-0.3, -0.25) is 0 Å². The average Bonchev–Trinajstić information content (AvgIpc) is 2.45. The third-order valence-electron chi connectivity index (χ3n) is 1.94. The molecule has 1 nitrogen and oxygen atoms in total. The molecule has 1 aromatic heterocycles. The van der Waals surface area contributed by atoms with E-state index in [-0.39, 0.29) is 0 Å². The molecule has 0 amide bonds. The standard InChI is InChI=1S/C7H4NS.3CH3.Sn/c1-2-4-7-6(3-1)8-5-9-7;;;;/h1-4H;3*1H3;. The van der Waals surface area contributed by atoms with Crippen molar-refractivity contribution in [2.45, 2.75) is 14.8 Å². The molecule has 1 heterocycles. The van der Waals surface area contributed by atoms with Crippen LogP contribution < -0.4 is 3.02 Å². The molecule has 3 heteroatoms. The molecule has 0 bridgehead atoms. The number of rotatable bonds is 1. The van der Waals surface area contributed by atoms with Crippen LogP contribution in [-0.2, 0) is 0 Å². The van der Waals surface area contributed by atoms with Crippen molar-refractivity contribution in [3.63, 3.8) is 0 Å². The molecule has 2 rings (SSSR count). The summed E-state index contributed by atoms with van der Waals surface area (Å²) in [6.07, 6.45) is 0. The van der Waals surface area contributed by atoms with Crippen molar-refractivity contribution in [2.75, 3.05) is 0 Å². The second-order valence-electron chi connectivity index (χ2n) is 4.24. The van der Waals surface area contributed by atoms with E-state index in [2.05, 4.69) is 39.1 Å². The Balaban J connectivity index is 2.63. The molecule has 0 saturated carbocycles. The fourth-order valence-electron chi connectivity index (χ4n) is 1.19. The number of aromatic nitrogens is 1. The molecule has 0 radical (unpaired) electrons. The van der Waals surface area contributed by atoms with Gasteiger partial charge in [-0.05, 0) is 0 Å². The summed E-state index contributed by atoms with van der Waals surface area (Å²) in [5.74, 6) is 0. The van der Waals surface area contributed by atoms with Crippen molar-refractivity contribution < 1.29 is 0 Å². The number of nitrogens with zero attached hydrogens (tertiary/aromatic N) is 1. The zero-order valence-electron chi connectivity index (χ0n) is 8.16. The van der Waals surface area contributed by atoms with Gasteiger partial charge in [-0.1, -0.05) is 0 Å². The monoisotopic (exact) mass is 299 g/mol. The van der Waals surface area contributed by atoms with Crippen LogP contribution in [0.1, 0.15) is 0 Å². The van der Waals surface area contributed by atoms with Crippen LogP contribution >= 0.6 is 11.3 Å². The molecule has 1 aromatic carbocycles. The van der Waals surface area contributed by atoms with Crippen LogP contribution in [-0.4, -0.2) is 23.4 Å². The Morgan fingerprint density at radius 1 is 1.15 bits per heavy atom. The molecule has 68 valence electrons. The summed E-state index contributed by atoms with van der Waals surface area (Å²) in [7, 11) is 0. The minimum absolute atomic E-state index is 1.18. The van der Waals surface area contributed by atoms with Gasteiger partial charge in [0, 0.05) is 0 Å². The molecular formula is C10H13NSSn. The maximum atomic E-state index is 4.70. The van der Waals surface area contributed by atoms with E-state index in [0.29, 0.717) is 0 Å². The van der Waals surface area contributed by atoms with Gasteiger partial charge in [0.15, 0.2) is 0 Å². The summed E-state index contributed by atoms with van der Waals surface area (Å²) in [5, 5.41) is 0. The van der Waals surface area contributed by atoms with E-state index in [1.165, 1.54) is 13.2 Å². The van der Waals surface area contributed by atoms with Gasteiger partial charge in [0.1, 0.15) is 0 Å². The van der Waals surface area contributed by atoms with Crippen LogP contribution in [0.3, 0.4) is 0 Å². The van der Waals surface area contributed by atoms with Crippen molar-refractivity contribution in [3.8, 4) is 0 Å². The SMILES string of the molecule is [CH3][Sn]([CH3])([CH3])[c]1nc2ccccc2s1. The molecule has 0 spiro atoms. The maximum absolute atomic E-state index is 4.70. The van der Waals surface area contributed by atoms with E-state index in [0.717, 1.165) is 0 Å². The fraction of sp³-hybridized carbons (Fsp3) is 0.300. The molecule has 0 fully saturated rings. The quantitative estimate of drug-likeness (QED) is 0.738. The van der Waals surface area contributed by atoms with Crippen LogP contribution in [0.2, 0.25) is 14.8 Å². The Labute approximate surface area is 86.7 Å². The van der Waals surface area contributed by atoms with Crippen LogP contribution in [0, 0.1) is 0 Å². The second kappa shape index (κ2) is 3.24. The van der Waals surface area contributed by atoms with Crippen molar-refractivity contribution in [1.29, 1.82) is 0 Å². The molecule has 0 N–H and O–H groups in total. The number of para-hydroxylation sites is 1. The van der Waals surface area contributed by atoms with Gasteiger partial charge in [-0.25, -0.2) is 0 Å². The molecule has 0 unspecified atom stereocenters. The summed E-state index contributed by atoms with van der Waals surface area (Å²) in [6, 6.07) is 8.41. The topological polar surface area (TPSA) is 12.9 Å². The summed E-state index contributed by atoms with van der Waals surface area (Å²) >= 11 is -0.0288. The van der Waals surface area contributed by atoms with Gasteiger partial charge >= 0.3 is 87.0 Å². The Morgan fingerprint density at radius 3 is 2.46 bits per heavy atom. The van der Waals surface area contributed by atoms with Gasteiger partial charge in [-0.2, -0.15) is 0 Å². The van der Waals surface area contributed by atoms with E-state index in [9.17, 15) is 0 Å². The Hall–Kier alpha value is -0.0913. The van der Waals surface area contributed by atoms with Crippen molar-refractivity contribution in [2.24, 2.45) is 0 Å². The zero-order valence-corrected chi connectivity index (χ0v) is 11.8. The van der Waals surface area contributed by atoms with E-state index in [4.69, 9.17) is 4.98 Å². The van der Waals surface area contributed by atoms with E-state index < -0.39 is 18.4 Å². The van der Waals surface area contributed by atoms with E-state index >= 15 is 0 Å². The van der Waals surface area contributed by atoms with Gasteiger partial charge in [0.05, 0.1) is 0 Å². The minimum atomic E-state index is -1.92. The Morgan fingerprint density at radius 2 is 1.85 bits per heavy atom. The van der Waals surface area contributed by atoms with Crippen LogP contribution in [0.4, 0.5) is 0 Å². The van der Waals surface area contributed by atoms with Crippen molar-refractivity contribution in [3.05, 3.63) is 24.3 Å². The first-order chi connectivity index (χ1) is 6.07. The van der Waals surface area contributed by atoms with Crippen LogP contribution in [0.5, 0.6) is 0 Å². The summed E-state index contributed by atoms with van der Waals surface area (Å²) in [5.41, 5.74) is 1.18. The predicted molar refractivity (Wildman–Crippen MR) is 62.6 cm³/mol. The van der Waals surface area contributed by atoms with Gasteiger partial charge in [0.2, 0.25) is 0 Å². The molecule has 2 aromatic rings. The van der Waals surface area contributed by atoms with Gasteiger partial charge in [0.25, 0.3) is 0 Å². The zero-order chi connectivity index (χ0) is 9.47. The number of hydrogen-bond donors (Lipinski definition) is 0. The molecule has 0 atom stereocenters. The van der Waals surface area contributed by atoms with Crippen molar-refractivity contribution in [1.82, 2.24) is 4.98 Å². The third-order valence-corrected chi connectivity index (χ3v) is 11.7. The molecule has 13 heavy (non-hydrogen) atoms. The van der Waals surface area contributed by atoms with E-state index in [1.54, 1.807) is 0 Å². The van der Waals surface area contributed by atoms with Crippen LogP contribution in [0.25, 0.3) is 10.2 Å². The summed E-state index contributed by atoms with van der Waals surface area (Å²) < 4.78 is 2.76. The number of fused-ring (bicyclic) bond motifs is 1. The fourth-order valence-corrected chi connectivity index (χ4v) is 7.08. The molecular weight excluding hydrogens is 285 g/mol. The third kappa shape index (κ3) is 1.88. The average molecular weight is 298 g/mol. The first kappa shape index (κ1) is 9.46. The first-order valence-electron chi connectivity index (χ1n) is 4.43. The van der Waals surface area contributed by atoms with Gasteiger partial charge < -0.3 is 0 Å². The Bertz CT molecular complexity index is 395. The Kier molecular flexibility index (Phi) is 2.36. The first-order valence-corrected chi connectivity index (χ1v) is 15.2. The second-order valence-corrected chi connectivity index (χ2v) is 20.5. The molecule has 0 aliphatic rings. The summed E-state index contributed by atoms with van der Waals surface area (Å²) in [6.45, 7) is 0. The number of thiazole rings is 1. The van der Waals surface area contributed by atoms with Gasteiger partial charge in [-0.15, -0.1) is 0 Å². The molecule has 0 aliphatic carbocycles. The molecule has 0 saturated heterocycles. The number of hydrogen-bond acceptors (Lipinski definition) is 2. The summed E-state index contributed by atoms with van der Waals surface area (Å²) in [4.78, 5) is 11.9. The normalized spacial score (nSPS) is 12.2. The van der Waals surface area contributed by atoms with Crippen LogP contribution in [0.15, 0.2) is 24.3 Å². The predicted octanol–water partition coefficient (Wildman–Crippen LogP) is 2.84.